The van der Waals surface area contributed by atoms with Crippen LogP contribution in [0.2, 0.25) is 0 Å². The highest BCUT2D eigenvalue weighted by atomic mass is 32.2. The van der Waals surface area contributed by atoms with Crippen molar-refractivity contribution in [3.8, 4) is 0 Å². The van der Waals surface area contributed by atoms with Gasteiger partial charge in [-0.15, -0.1) is 0 Å². The van der Waals surface area contributed by atoms with Gasteiger partial charge < -0.3 is 10.2 Å². The number of aliphatic hydroxyl groups is 2. The van der Waals surface area contributed by atoms with Gasteiger partial charge in [0, 0.05) is 13.2 Å². The lowest BCUT2D eigenvalue weighted by atomic mass is 9.49. The van der Waals surface area contributed by atoms with E-state index in [-0.39, 0.29) is 35.4 Å². The standard InChI is InChI=1S/C21H37NO4S/c1-14-5-6-18-17(12-22-27(4,25)26)19(8-10-20(14,18)2)21(3)9-7-16(24)11-15(21)13-23/h15-19,22-24H,1,5-13H2,2-4H3/t15-,16+,17+,18?,19?,20?,21+/m1/s1. The number of fused-ring (bicyclic) bond motifs is 1. The topological polar surface area (TPSA) is 86.6 Å². The molecular weight excluding hydrogens is 362 g/mol. The average Bonchev–Trinajstić information content (AvgIpc) is 2.89. The maximum Gasteiger partial charge on any atom is 0.208 e. The van der Waals surface area contributed by atoms with Gasteiger partial charge in [0.15, 0.2) is 0 Å². The van der Waals surface area contributed by atoms with Crippen molar-refractivity contribution in [3.63, 3.8) is 0 Å². The first-order chi connectivity index (χ1) is 12.5. The van der Waals surface area contributed by atoms with Crippen LogP contribution in [0.5, 0.6) is 0 Å². The lowest BCUT2D eigenvalue weighted by Crippen LogP contribution is -2.53. The number of nitrogens with one attached hydrogen (secondary N) is 1. The largest absolute Gasteiger partial charge is 0.396 e. The first-order valence-electron chi connectivity index (χ1n) is 10.4. The Morgan fingerprint density at radius 3 is 2.52 bits per heavy atom. The molecule has 0 aliphatic heterocycles. The number of hydrogen-bond acceptors (Lipinski definition) is 4. The third-order valence-corrected chi connectivity index (χ3v) is 9.24. The minimum Gasteiger partial charge on any atom is -0.396 e. The second-order valence-electron chi connectivity index (χ2n) is 9.91. The molecule has 0 spiro atoms. The van der Waals surface area contributed by atoms with Crippen LogP contribution >= 0.6 is 0 Å². The van der Waals surface area contributed by atoms with Crippen molar-refractivity contribution < 1.29 is 18.6 Å². The van der Waals surface area contributed by atoms with E-state index in [0.717, 1.165) is 38.5 Å². The molecule has 3 saturated carbocycles. The maximum atomic E-state index is 11.8. The van der Waals surface area contributed by atoms with Crippen molar-refractivity contribution in [2.45, 2.75) is 64.9 Å². The van der Waals surface area contributed by atoms with Crippen LogP contribution in [0.1, 0.15) is 58.8 Å². The Kier molecular flexibility index (Phi) is 5.86. The molecule has 0 saturated heterocycles. The van der Waals surface area contributed by atoms with E-state index in [1.54, 1.807) is 0 Å². The highest BCUT2D eigenvalue weighted by Gasteiger charge is 2.56. The Bertz CT molecular complexity index is 678. The first kappa shape index (κ1) is 21.3. The molecule has 3 aliphatic rings. The molecule has 0 aromatic carbocycles. The highest BCUT2D eigenvalue weighted by molar-refractivity contribution is 7.88. The normalized spacial score (nSPS) is 45.7. The van der Waals surface area contributed by atoms with Gasteiger partial charge in [0.1, 0.15) is 0 Å². The van der Waals surface area contributed by atoms with Crippen molar-refractivity contribution >= 4 is 10.0 Å². The van der Waals surface area contributed by atoms with E-state index in [2.05, 4.69) is 25.1 Å². The number of allylic oxidation sites excluding steroid dienone is 1. The van der Waals surface area contributed by atoms with Gasteiger partial charge in [-0.3, -0.25) is 0 Å². The molecule has 0 aromatic rings. The number of rotatable bonds is 5. The summed E-state index contributed by atoms with van der Waals surface area (Å²) in [6.45, 7) is 9.47. The fourth-order valence-corrected chi connectivity index (χ4v) is 7.21. The van der Waals surface area contributed by atoms with Crippen molar-refractivity contribution in [3.05, 3.63) is 12.2 Å². The van der Waals surface area contributed by atoms with E-state index in [4.69, 9.17) is 0 Å². The van der Waals surface area contributed by atoms with Gasteiger partial charge in [-0.1, -0.05) is 26.0 Å². The Balaban J connectivity index is 1.93. The zero-order chi connectivity index (χ0) is 20.0. The van der Waals surface area contributed by atoms with E-state index in [1.165, 1.54) is 11.8 Å². The molecule has 3 aliphatic carbocycles. The lowest BCUT2D eigenvalue weighted by Gasteiger charge is -2.56. The molecular formula is C21H37NO4S. The third-order valence-electron chi connectivity index (χ3n) is 8.55. The van der Waals surface area contributed by atoms with Crippen molar-refractivity contribution in [2.75, 3.05) is 19.4 Å². The Morgan fingerprint density at radius 1 is 1.19 bits per heavy atom. The second-order valence-corrected chi connectivity index (χ2v) is 11.7. The number of sulfonamides is 1. The smallest absolute Gasteiger partial charge is 0.208 e. The van der Waals surface area contributed by atoms with Crippen LogP contribution in [0, 0.1) is 34.5 Å². The summed E-state index contributed by atoms with van der Waals surface area (Å²) < 4.78 is 26.5. The predicted molar refractivity (Wildman–Crippen MR) is 108 cm³/mol. The first-order valence-corrected chi connectivity index (χ1v) is 12.3. The van der Waals surface area contributed by atoms with Crippen LogP contribution in [-0.4, -0.2) is 44.1 Å². The minimum absolute atomic E-state index is 0.0664. The van der Waals surface area contributed by atoms with Crippen LogP contribution in [0.4, 0.5) is 0 Å². The number of hydrogen-bond donors (Lipinski definition) is 3. The molecule has 0 heterocycles. The van der Waals surface area contributed by atoms with Crippen molar-refractivity contribution in [2.24, 2.45) is 34.5 Å². The molecule has 27 heavy (non-hydrogen) atoms. The molecule has 0 aromatic heterocycles. The third kappa shape index (κ3) is 3.87. The van der Waals surface area contributed by atoms with Crippen LogP contribution < -0.4 is 4.72 Å². The van der Waals surface area contributed by atoms with Crippen LogP contribution in [0.3, 0.4) is 0 Å². The Hall–Kier alpha value is -0.430. The molecule has 3 fully saturated rings. The lowest BCUT2D eigenvalue weighted by molar-refractivity contribution is -0.0923. The van der Waals surface area contributed by atoms with E-state index >= 15 is 0 Å². The summed E-state index contributed by atoms with van der Waals surface area (Å²) in [5.74, 6) is 1.09. The summed E-state index contributed by atoms with van der Waals surface area (Å²) in [7, 11) is -3.25. The molecule has 0 amide bonds. The fraction of sp³-hybridized carbons (Fsp3) is 0.905. The van der Waals surface area contributed by atoms with Gasteiger partial charge in [-0.2, -0.15) is 0 Å². The van der Waals surface area contributed by atoms with E-state index in [9.17, 15) is 18.6 Å². The van der Waals surface area contributed by atoms with Crippen molar-refractivity contribution in [1.29, 1.82) is 0 Å². The summed E-state index contributed by atoms with van der Waals surface area (Å²) in [6, 6.07) is 0. The Morgan fingerprint density at radius 2 is 1.89 bits per heavy atom. The Labute approximate surface area is 164 Å². The van der Waals surface area contributed by atoms with Gasteiger partial charge in [-0.25, -0.2) is 13.1 Å². The predicted octanol–water partition coefficient (Wildman–Crippen LogP) is 2.69. The fourth-order valence-electron chi connectivity index (χ4n) is 6.71. The van der Waals surface area contributed by atoms with E-state index in [0.29, 0.717) is 24.8 Å². The van der Waals surface area contributed by atoms with Gasteiger partial charge >= 0.3 is 0 Å². The zero-order valence-electron chi connectivity index (χ0n) is 17.1. The summed E-state index contributed by atoms with van der Waals surface area (Å²) in [6.07, 6.45) is 7.43. The van der Waals surface area contributed by atoms with Gasteiger partial charge in [0.2, 0.25) is 10.0 Å². The van der Waals surface area contributed by atoms with Crippen LogP contribution in [0.15, 0.2) is 12.2 Å². The van der Waals surface area contributed by atoms with Crippen molar-refractivity contribution in [1.82, 2.24) is 4.72 Å². The van der Waals surface area contributed by atoms with Gasteiger partial charge in [-0.05, 0) is 79.4 Å². The molecule has 0 radical (unpaired) electrons. The SMILES string of the molecule is C=C1CCC2[C@H](CNS(C)(=O)=O)C([C@@]3(C)CC[C@H](O)C[C@@H]3CO)CCC12C. The molecule has 3 unspecified atom stereocenters. The van der Waals surface area contributed by atoms with Gasteiger partial charge in [0.05, 0.1) is 12.4 Å². The molecule has 3 N–H and O–H groups in total. The molecule has 7 atom stereocenters. The molecule has 6 heteroatoms. The second kappa shape index (κ2) is 7.43. The molecule has 0 bridgehead atoms. The van der Waals surface area contributed by atoms with Gasteiger partial charge in [0.25, 0.3) is 0 Å². The summed E-state index contributed by atoms with van der Waals surface area (Å²) in [4.78, 5) is 0. The zero-order valence-corrected chi connectivity index (χ0v) is 17.9. The summed E-state index contributed by atoms with van der Waals surface area (Å²) >= 11 is 0. The monoisotopic (exact) mass is 399 g/mol. The van der Waals surface area contributed by atoms with E-state index < -0.39 is 10.0 Å². The average molecular weight is 400 g/mol. The quantitative estimate of drug-likeness (QED) is 0.621. The maximum absolute atomic E-state index is 11.8. The van der Waals surface area contributed by atoms with E-state index in [1.807, 2.05) is 0 Å². The minimum atomic E-state index is -3.25. The summed E-state index contributed by atoms with van der Waals surface area (Å²) in [5.41, 5.74) is 1.35. The number of aliphatic hydroxyl groups excluding tert-OH is 2. The van der Waals surface area contributed by atoms with Crippen LogP contribution in [-0.2, 0) is 10.0 Å². The molecule has 156 valence electrons. The highest BCUT2D eigenvalue weighted by Crippen LogP contribution is 2.63. The summed E-state index contributed by atoms with van der Waals surface area (Å²) in [5, 5.41) is 20.2. The molecule has 3 rings (SSSR count). The molecule has 5 nitrogen and oxygen atoms in total. The van der Waals surface area contributed by atoms with Crippen LogP contribution in [0.25, 0.3) is 0 Å².